The Morgan fingerprint density at radius 2 is 2.12 bits per heavy atom. The summed E-state index contributed by atoms with van der Waals surface area (Å²) in [6.07, 6.45) is 2.67. The van der Waals surface area contributed by atoms with E-state index in [1.165, 1.54) is 15.6 Å². The predicted octanol–water partition coefficient (Wildman–Crippen LogP) is 3.63. The van der Waals surface area contributed by atoms with Gasteiger partial charge in [-0.25, -0.2) is 8.42 Å². The number of amides is 1. The minimum atomic E-state index is -3.52. The molecular weight excluding hydrogens is 356 g/mol. The smallest absolute Gasteiger partial charge is 0.252 e. The number of hydrogen-bond acceptors (Lipinski definition) is 4. The molecule has 7 heteroatoms. The fourth-order valence-corrected chi connectivity index (χ4v) is 5.98. The maximum atomic E-state index is 12.8. The quantitative estimate of drug-likeness (QED) is 0.864. The van der Waals surface area contributed by atoms with Crippen LogP contribution in [0.25, 0.3) is 0 Å². The summed E-state index contributed by atoms with van der Waals surface area (Å²) in [5, 5.41) is 4.64. The third kappa shape index (κ3) is 4.29. The molecule has 1 amide bonds. The molecule has 1 N–H and O–H groups in total. The molecule has 1 atom stereocenters. The van der Waals surface area contributed by atoms with Gasteiger partial charge in [0.15, 0.2) is 0 Å². The third-order valence-electron chi connectivity index (χ3n) is 4.35. The summed E-state index contributed by atoms with van der Waals surface area (Å²) in [4.78, 5) is 12.4. The largest absolute Gasteiger partial charge is 0.326 e. The second-order valence-electron chi connectivity index (χ2n) is 6.32. The number of thiophene rings is 1. The van der Waals surface area contributed by atoms with Gasteiger partial charge in [0.05, 0.1) is 0 Å². The maximum Gasteiger partial charge on any atom is 0.252 e. The number of nitrogens with zero attached hydrogens (tertiary/aromatic N) is 1. The van der Waals surface area contributed by atoms with Crippen molar-refractivity contribution in [1.82, 2.24) is 4.31 Å². The van der Waals surface area contributed by atoms with E-state index in [2.05, 4.69) is 5.32 Å². The Balaban J connectivity index is 1.72. The van der Waals surface area contributed by atoms with E-state index in [0.29, 0.717) is 17.2 Å². The molecule has 0 saturated carbocycles. The highest BCUT2D eigenvalue weighted by atomic mass is 32.2. The van der Waals surface area contributed by atoms with Crippen molar-refractivity contribution in [2.45, 2.75) is 42.9 Å². The van der Waals surface area contributed by atoms with Crippen LogP contribution in [0.3, 0.4) is 0 Å². The maximum absolute atomic E-state index is 12.8. The van der Waals surface area contributed by atoms with E-state index in [1.807, 2.05) is 31.2 Å². The molecule has 1 fully saturated rings. The minimum absolute atomic E-state index is 0.149. The van der Waals surface area contributed by atoms with Gasteiger partial charge in [0.1, 0.15) is 4.21 Å². The lowest BCUT2D eigenvalue weighted by Gasteiger charge is -2.34. The van der Waals surface area contributed by atoms with Gasteiger partial charge in [-0.2, -0.15) is 4.31 Å². The van der Waals surface area contributed by atoms with E-state index in [1.54, 1.807) is 17.5 Å². The minimum Gasteiger partial charge on any atom is -0.326 e. The van der Waals surface area contributed by atoms with E-state index >= 15 is 0 Å². The zero-order chi connectivity index (χ0) is 17.9. The molecule has 0 bridgehead atoms. The molecule has 134 valence electrons. The van der Waals surface area contributed by atoms with Crippen molar-refractivity contribution in [2.24, 2.45) is 0 Å². The fourth-order valence-electron chi connectivity index (χ4n) is 3.17. The molecule has 2 aromatic rings. The summed E-state index contributed by atoms with van der Waals surface area (Å²) in [7, 11) is -3.52. The van der Waals surface area contributed by atoms with Gasteiger partial charge in [0.25, 0.3) is 10.0 Å². The van der Waals surface area contributed by atoms with Crippen LogP contribution in [0.5, 0.6) is 0 Å². The van der Waals surface area contributed by atoms with E-state index in [4.69, 9.17) is 0 Å². The summed E-state index contributed by atoms with van der Waals surface area (Å²) in [6.45, 7) is 2.44. The van der Waals surface area contributed by atoms with Gasteiger partial charge in [-0.1, -0.05) is 24.6 Å². The molecular formula is C18H22N2O3S2. The predicted molar refractivity (Wildman–Crippen MR) is 100 cm³/mol. The number of aryl methyl sites for hydroxylation is 1. The van der Waals surface area contributed by atoms with Crippen molar-refractivity contribution in [1.29, 1.82) is 0 Å². The van der Waals surface area contributed by atoms with E-state index < -0.39 is 10.0 Å². The summed E-state index contributed by atoms with van der Waals surface area (Å²) < 4.78 is 27.6. The standard InChI is InChI=1S/C18H22N2O3S2/c1-14-6-4-7-15(12-14)19-17(21)13-16-8-2-3-10-20(16)25(22,23)18-9-5-11-24-18/h4-7,9,11-12,16H,2-3,8,10,13H2,1H3,(H,19,21)/t16-/m1/s1. The highest BCUT2D eigenvalue weighted by Gasteiger charge is 2.35. The first-order valence-electron chi connectivity index (χ1n) is 8.39. The number of sulfonamides is 1. The van der Waals surface area contributed by atoms with Gasteiger partial charge < -0.3 is 5.32 Å². The van der Waals surface area contributed by atoms with Crippen LogP contribution in [-0.2, 0) is 14.8 Å². The van der Waals surface area contributed by atoms with E-state index in [9.17, 15) is 13.2 Å². The molecule has 0 aliphatic carbocycles. The first-order valence-corrected chi connectivity index (χ1v) is 10.7. The Morgan fingerprint density at radius 1 is 1.28 bits per heavy atom. The molecule has 1 aromatic carbocycles. The van der Waals surface area contributed by atoms with Crippen LogP contribution in [0.1, 0.15) is 31.2 Å². The number of hydrogen-bond donors (Lipinski definition) is 1. The number of piperidine rings is 1. The Morgan fingerprint density at radius 3 is 2.84 bits per heavy atom. The molecule has 2 heterocycles. The van der Waals surface area contributed by atoms with Crippen LogP contribution < -0.4 is 5.32 Å². The third-order valence-corrected chi connectivity index (χ3v) is 7.68. The van der Waals surface area contributed by atoms with Crippen molar-refractivity contribution < 1.29 is 13.2 Å². The lowest BCUT2D eigenvalue weighted by molar-refractivity contribution is -0.117. The lowest BCUT2D eigenvalue weighted by Crippen LogP contribution is -2.45. The van der Waals surface area contributed by atoms with Crippen molar-refractivity contribution in [2.75, 3.05) is 11.9 Å². The number of rotatable bonds is 5. The summed E-state index contributed by atoms with van der Waals surface area (Å²) in [5.74, 6) is -0.149. The number of carbonyl (C=O) groups excluding carboxylic acids is 1. The van der Waals surface area contributed by atoms with Crippen LogP contribution in [0, 0.1) is 6.92 Å². The number of benzene rings is 1. The van der Waals surface area contributed by atoms with E-state index in [0.717, 1.165) is 24.1 Å². The number of nitrogens with one attached hydrogen (secondary N) is 1. The van der Waals surface area contributed by atoms with Crippen LogP contribution >= 0.6 is 11.3 Å². The van der Waals surface area contributed by atoms with Crippen molar-refractivity contribution >= 4 is 33.0 Å². The van der Waals surface area contributed by atoms with Crippen molar-refractivity contribution in [3.05, 3.63) is 47.3 Å². The van der Waals surface area contributed by atoms with Gasteiger partial charge in [-0.3, -0.25) is 4.79 Å². The Labute approximate surface area is 152 Å². The molecule has 1 aliphatic heterocycles. The zero-order valence-electron chi connectivity index (χ0n) is 14.1. The van der Waals surface area contributed by atoms with Gasteiger partial charge >= 0.3 is 0 Å². The SMILES string of the molecule is Cc1cccc(NC(=O)C[C@H]2CCCCN2S(=O)(=O)c2cccs2)c1. The summed E-state index contributed by atoms with van der Waals surface area (Å²) >= 11 is 1.22. The molecule has 1 aliphatic rings. The lowest BCUT2D eigenvalue weighted by atomic mass is 10.0. The molecule has 1 saturated heterocycles. The van der Waals surface area contributed by atoms with Gasteiger partial charge in [-0.15, -0.1) is 11.3 Å². The van der Waals surface area contributed by atoms with E-state index in [-0.39, 0.29) is 18.4 Å². The molecule has 1 aromatic heterocycles. The molecule has 0 spiro atoms. The summed E-state index contributed by atoms with van der Waals surface area (Å²) in [5.41, 5.74) is 1.81. The normalized spacial score (nSPS) is 18.8. The van der Waals surface area contributed by atoms with Crippen molar-refractivity contribution in [3.63, 3.8) is 0 Å². The van der Waals surface area contributed by atoms with Crippen LogP contribution in [0.2, 0.25) is 0 Å². The average Bonchev–Trinajstić information content (AvgIpc) is 3.10. The first-order chi connectivity index (χ1) is 12.0. The van der Waals surface area contributed by atoms with Crippen LogP contribution in [-0.4, -0.2) is 31.2 Å². The van der Waals surface area contributed by atoms with Gasteiger partial charge in [0, 0.05) is 24.7 Å². The second kappa shape index (κ2) is 7.68. The van der Waals surface area contributed by atoms with Gasteiger partial charge in [0.2, 0.25) is 5.91 Å². The topological polar surface area (TPSA) is 66.5 Å². The number of anilines is 1. The Kier molecular flexibility index (Phi) is 5.56. The molecule has 5 nitrogen and oxygen atoms in total. The highest BCUT2D eigenvalue weighted by molar-refractivity contribution is 7.91. The first kappa shape index (κ1) is 18.1. The molecule has 25 heavy (non-hydrogen) atoms. The second-order valence-corrected chi connectivity index (χ2v) is 9.38. The molecule has 0 radical (unpaired) electrons. The molecule has 0 unspecified atom stereocenters. The fraction of sp³-hybridized carbons (Fsp3) is 0.389. The van der Waals surface area contributed by atoms with Crippen molar-refractivity contribution in [3.8, 4) is 0 Å². The van der Waals surface area contributed by atoms with Crippen LogP contribution in [0.4, 0.5) is 5.69 Å². The number of carbonyl (C=O) groups is 1. The average molecular weight is 379 g/mol. The van der Waals surface area contributed by atoms with Gasteiger partial charge in [-0.05, 0) is 48.9 Å². The summed E-state index contributed by atoms with van der Waals surface area (Å²) in [6, 6.07) is 10.7. The molecule has 3 rings (SSSR count). The zero-order valence-corrected chi connectivity index (χ0v) is 15.8. The highest BCUT2D eigenvalue weighted by Crippen LogP contribution is 2.29. The van der Waals surface area contributed by atoms with Crippen LogP contribution in [0.15, 0.2) is 46.0 Å². The Bertz CT molecular complexity index is 832. The monoisotopic (exact) mass is 378 g/mol. The Hall–Kier alpha value is -1.70.